The lowest BCUT2D eigenvalue weighted by Crippen LogP contribution is -2.41. The average Bonchev–Trinajstić information content (AvgIpc) is 2.83. The minimum Gasteiger partial charge on any atom is -0.508 e. The van der Waals surface area contributed by atoms with Crippen LogP contribution in [0.2, 0.25) is 0 Å². The number of phenols is 1. The SMILES string of the molecule is Oc1ccc2ccc3c(c2c1)=NN1C=CCN1N=3. The van der Waals surface area contributed by atoms with E-state index in [2.05, 4.69) is 10.2 Å². The van der Waals surface area contributed by atoms with Crippen molar-refractivity contribution in [1.82, 2.24) is 10.2 Å². The van der Waals surface area contributed by atoms with Gasteiger partial charge in [0, 0.05) is 11.6 Å². The molecule has 18 heavy (non-hydrogen) atoms. The van der Waals surface area contributed by atoms with Crippen molar-refractivity contribution in [3.8, 4) is 5.75 Å². The van der Waals surface area contributed by atoms with Crippen LogP contribution >= 0.6 is 0 Å². The second kappa shape index (κ2) is 3.22. The van der Waals surface area contributed by atoms with Crippen LogP contribution in [0.1, 0.15) is 0 Å². The van der Waals surface area contributed by atoms with Gasteiger partial charge in [0.05, 0.1) is 6.54 Å². The molecule has 2 aromatic rings. The number of benzene rings is 2. The fraction of sp³-hybridized carbons (Fsp3) is 0.0769. The Morgan fingerprint density at radius 2 is 2.00 bits per heavy atom. The van der Waals surface area contributed by atoms with E-state index in [0.29, 0.717) is 0 Å². The standard InChI is InChI=1S/C13H10N4O/c18-10-4-2-9-3-5-12-13(11(9)8-10)15-17-7-1-6-16(17)14-12/h1-5,7-8,18H,6H2. The summed E-state index contributed by atoms with van der Waals surface area (Å²) in [6.45, 7) is 0.737. The molecule has 0 aromatic heterocycles. The van der Waals surface area contributed by atoms with Crippen LogP contribution in [0.4, 0.5) is 0 Å². The fourth-order valence-corrected chi connectivity index (χ4v) is 2.26. The van der Waals surface area contributed by atoms with Crippen molar-refractivity contribution in [2.24, 2.45) is 10.2 Å². The summed E-state index contributed by atoms with van der Waals surface area (Å²) < 4.78 is 0. The molecule has 2 aliphatic heterocycles. The average molecular weight is 238 g/mol. The van der Waals surface area contributed by atoms with Crippen LogP contribution in [0, 0.1) is 0 Å². The predicted molar refractivity (Wildman–Crippen MR) is 65.6 cm³/mol. The number of rotatable bonds is 0. The van der Waals surface area contributed by atoms with Gasteiger partial charge in [0.1, 0.15) is 16.5 Å². The van der Waals surface area contributed by atoms with E-state index in [-0.39, 0.29) is 5.75 Å². The van der Waals surface area contributed by atoms with E-state index in [1.807, 2.05) is 30.5 Å². The molecule has 2 aliphatic rings. The number of aromatic hydroxyl groups is 1. The van der Waals surface area contributed by atoms with Gasteiger partial charge in [-0.05, 0) is 29.7 Å². The molecular formula is C13H10N4O. The van der Waals surface area contributed by atoms with E-state index in [1.165, 1.54) is 0 Å². The molecule has 0 amide bonds. The molecule has 0 radical (unpaired) electrons. The van der Waals surface area contributed by atoms with Crippen LogP contribution in [-0.2, 0) is 0 Å². The zero-order valence-corrected chi connectivity index (χ0v) is 9.48. The van der Waals surface area contributed by atoms with Crippen molar-refractivity contribution >= 4 is 10.8 Å². The maximum atomic E-state index is 9.61. The number of hydrazine groups is 1. The highest BCUT2D eigenvalue weighted by molar-refractivity contribution is 5.83. The zero-order chi connectivity index (χ0) is 12.1. The Labute approximate surface area is 103 Å². The summed E-state index contributed by atoms with van der Waals surface area (Å²) in [7, 11) is 0. The molecule has 0 bridgehead atoms. The molecule has 5 nitrogen and oxygen atoms in total. The minimum atomic E-state index is 0.241. The van der Waals surface area contributed by atoms with Crippen LogP contribution in [0.3, 0.4) is 0 Å². The maximum Gasteiger partial charge on any atom is 0.121 e. The second-order valence-electron chi connectivity index (χ2n) is 4.30. The highest BCUT2D eigenvalue weighted by Crippen LogP contribution is 2.17. The summed E-state index contributed by atoms with van der Waals surface area (Å²) in [6, 6.07) is 9.23. The smallest absolute Gasteiger partial charge is 0.121 e. The number of phenolic OH excluding ortho intramolecular Hbond substituents is 1. The molecule has 0 spiro atoms. The summed E-state index contributed by atoms with van der Waals surface area (Å²) in [5, 5.41) is 25.7. The molecule has 2 heterocycles. The topological polar surface area (TPSA) is 51.4 Å². The van der Waals surface area contributed by atoms with Gasteiger partial charge >= 0.3 is 0 Å². The normalized spacial score (nSPS) is 16.2. The molecule has 0 aliphatic carbocycles. The van der Waals surface area contributed by atoms with Crippen LogP contribution in [0.15, 0.2) is 52.8 Å². The lowest BCUT2D eigenvalue weighted by molar-refractivity contribution is 0.0403. The molecule has 1 N–H and O–H groups in total. The van der Waals surface area contributed by atoms with Crippen molar-refractivity contribution in [3.05, 3.63) is 53.3 Å². The summed E-state index contributed by atoms with van der Waals surface area (Å²) in [4.78, 5) is 0. The van der Waals surface area contributed by atoms with E-state index in [0.717, 1.165) is 28.0 Å². The van der Waals surface area contributed by atoms with Gasteiger partial charge in [0.2, 0.25) is 0 Å². The third-order valence-electron chi connectivity index (χ3n) is 3.12. The lowest BCUT2D eigenvalue weighted by atomic mass is 10.1. The minimum absolute atomic E-state index is 0.241. The molecule has 4 rings (SSSR count). The molecule has 5 heteroatoms. The molecule has 0 saturated heterocycles. The zero-order valence-electron chi connectivity index (χ0n) is 9.48. The first-order valence-corrected chi connectivity index (χ1v) is 5.74. The van der Waals surface area contributed by atoms with Gasteiger partial charge in [-0.2, -0.15) is 15.3 Å². The first kappa shape index (κ1) is 9.47. The number of fused-ring (bicyclic) bond motifs is 4. The molecule has 2 aromatic carbocycles. The van der Waals surface area contributed by atoms with Crippen LogP contribution in [0.5, 0.6) is 5.75 Å². The van der Waals surface area contributed by atoms with Crippen LogP contribution in [-0.4, -0.2) is 21.9 Å². The Morgan fingerprint density at radius 3 is 2.94 bits per heavy atom. The molecule has 88 valence electrons. The monoisotopic (exact) mass is 238 g/mol. The van der Waals surface area contributed by atoms with Gasteiger partial charge < -0.3 is 5.11 Å². The third-order valence-corrected chi connectivity index (χ3v) is 3.12. The van der Waals surface area contributed by atoms with Gasteiger partial charge in [-0.25, -0.2) is 0 Å². The summed E-state index contributed by atoms with van der Waals surface area (Å²) in [6.07, 6.45) is 3.88. The highest BCUT2D eigenvalue weighted by Gasteiger charge is 2.17. The van der Waals surface area contributed by atoms with Gasteiger partial charge in [0.15, 0.2) is 0 Å². The van der Waals surface area contributed by atoms with Gasteiger partial charge in [-0.1, -0.05) is 12.1 Å². The molecule has 0 saturated carbocycles. The summed E-state index contributed by atoms with van der Waals surface area (Å²) >= 11 is 0. The van der Waals surface area contributed by atoms with Crippen molar-refractivity contribution in [2.45, 2.75) is 0 Å². The highest BCUT2D eigenvalue weighted by atomic mass is 16.3. The first-order valence-electron chi connectivity index (χ1n) is 5.74. The van der Waals surface area contributed by atoms with Crippen LogP contribution < -0.4 is 10.7 Å². The Bertz CT molecular complexity index is 796. The summed E-state index contributed by atoms with van der Waals surface area (Å²) in [5.74, 6) is 0.241. The van der Waals surface area contributed by atoms with E-state index in [1.54, 1.807) is 22.4 Å². The fourth-order valence-electron chi connectivity index (χ4n) is 2.26. The van der Waals surface area contributed by atoms with Gasteiger partial charge in [0.25, 0.3) is 0 Å². The van der Waals surface area contributed by atoms with Crippen molar-refractivity contribution in [1.29, 1.82) is 0 Å². The second-order valence-corrected chi connectivity index (χ2v) is 4.30. The largest absolute Gasteiger partial charge is 0.508 e. The van der Waals surface area contributed by atoms with Crippen LogP contribution in [0.25, 0.3) is 10.8 Å². The quantitative estimate of drug-likeness (QED) is 0.734. The Hall–Kier alpha value is -2.56. The lowest BCUT2D eigenvalue weighted by Gasteiger charge is -2.23. The molecule has 0 unspecified atom stereocenters. The molecule has 0 fully saturated rings. The Morgan fingerprint density at radius 1 is 1.11 bits per heavy atom. The molecule has 0 atom stereocenters. The van der Waals surface area contributed by atoms with Gasteiger partial charge in [-0.3, -0.25) is 0 Å². The Kier molecular flexibility index (Phi) is 1.70. The Balaban J connectivity index is 2.14. The number of hydrogen-bond donors (Lipinski definition) is 1. The number of nitrogens with zero attached hydrogens (tertiary/aromatic N) is 4. The predicted octanol–water partition coefficient (Wildman–Crippen LogP) is 0.674. The first-order chi connectivity index (χ1) is 8.81. The summed E-state index contributed by atoms with van der Waals surface area (Å²) in [5.41, 5.74) is 0. The van der Waals surface area contributed by atoms with E-state index in [4.69, 9.17) is 0 Å². The maximum absolute atomic E-state index is 9.61. The van der Waals surface area contributed by atoms with E-state index >= 15 is 0 Å². The van der Waals surface area contributed by atoms with Crippen molar-refractivity contribution in [3.63, 3.8) is 0 Å². The van der Waals surface area contributed by atoms with E-state index < -0.39 is 0 Å². The number of hydrogen-bond acceptors (Lipinski definition) is 5. The van der Waals surface area contributed by atoms with Crippen molar-refractivity contribution in [2.75, 3.05) is 6.54 Å². The van der Waals surface area contributed by atoms with Gasteiger partial charge in [-0.15, -0.1) is 5.10 Å². The third kappa shape index (κ3) is 1.21. The van der Waals surface area contributed by atoms with E-state index in [9.17, 15) is 5.11 Å². The van der Waals surface area contributed by atoms with Crippen molar-refractivity contribution < 1.29 is 5.11 Å². The molecular weight excluding hydrogens is 228 g/mol.